The van der Waals surface area contributed by atoms with Gasteiger partial charge in [0.25, 0.3) is 11.8 Å². The highest BCUT2D eigenvalue weighted by molar-refractivity contribution is 6.42. The maximum atomic E-state index is 14.3. The normalized spacial score (nSPS) is 20.4. The zero-order valence-corrected chi connectivity index (χ0v) is 28.6. The van der Waals surface area contributed by atoms with Crippen LogP contribution in [0.2, 0.25) is 10.0 Å². The van der Waals surface area contributed by atoms with E-state index in [1.807, 2.05) is 39.1 Å². The Morgan fingerprint density at radius 3 is 2.54 bits per heavy atom. The van der Waals surface area contributed by atoms with Gasteiger partial charge in [0.05, 0.1) is 40.5 Å². The number of carbonyl (C=O) groups is 2. The van der Waals surface area contributed by atoms with Crippen molar-refractivity contribution in [1.82, 2.24) is 9.80 Å². The van der Waals surface area contributed by atoms with Gasteiger partial charge in [-0.15, -0.1) is 0 Å². The molecule has 0 bridgehead atoms. The van der Waals surface area contributed by atoms with Crippen LogP contribution >= 0.6 is 23.2 Å². The molecular weight excluding hydrogens is 625 g/mol. The summed E-state index contributed by atoms with van der Waals surface area (Å²) in [5.41, 5.74) is 2.36. The zero-order valence-electron chi connectivity index (χ0n) is 27.0. The lowest BCUT2D eigenvalue weighted by atomic mass is 10.0. The fourth-order valence-electron chi connectivity index (χ4n) is 5.58. The highest BCUT2D eigenvalue weighted by atomic mass is 35.5. The van der Waals surface area contributed by atoms with E-state index in [2.05, 4.69) is 17.1 Å². The number of nitrogens with zero attached hydrogens (tertiary/aromatic N) is 2. The summed E-state index contributed by atoms with van der Waals surface area (Å²) in [6.45, 7) is 7.89. The summed E-state index contributed by atoms with van der Waals surface area (Å²) in [7, 11) is 2.03. The number of amides is 2. The SMILES string of the molecule is C[C@H](CO)N1C[C@H](C)[C@H](CN(C)Cc2ccc(Cl)c(Cl)c2)OCCCC[C@H](C)Oc2ccc(NC(=O)c3ccccc3)cc2C1=O. The van der Waals surface area contributed by atoms with Gasteiger partial charge in [0.15, 0.2) is 0 Å². The van der Waals surface area contributed by atoms with Crippen LogP contribution in [-0.2, 0) is 11.3 Å². The van der Waals surface area contributed by atoms with Gasteiger partial charge in [0.1, 0.15) is 5.75 Å². The lowest BCUT2D eigenvalue weighted by molar-refractivity contribution is -0.0177. The summed E-state index contributed by atoms with van der Waals surface area (Å²) in [6, 6.07) is 19.2. The Morgan fingerprint density at radius 2 is 1.83 bits per heavy atom. The summed E-state index contributed by atoms with van der Waals surface area (Å²) in [6.07, 6.45) is 2.25. The van der Waals surface area contributed by atoms with Crippen molar-refractivity contribution >= 4 is 40.7 Å². The molecule has 1 aliphatic heterocycles. The maximum Gasteiger partial charge on any atom is 0.258 e. The van der Waals surface area contributed by atoms with E-state index in [1.54, 1.807) is 53.4 Å². The van der Waals surface area contributed by atoms with Crippen molar-refractivity contribution < 1.29 is 24.2 Å². The fraction of sp³-hybridized carbons (Fsp3) is 0.444. The quantitative estimate of drug-likeness (QED) is 0.264. The van der Waals surface area contributed by atoms with Crippen LogP contribution in [-0.4, -0.2) is 78.3 Å². The Hall–Kier alpha value is -3.14. The Labute approximate surface area is 282 Å². The number of hydrogen-bond acceptors (Lipinski definition) is 6. The van der Waals surface area contributed by atoms with E-state index in [-0.39, 0.29) is 36.5 Å². The van der Waals surface area contributed by atoms with Crippen LogP contribution < -0.4 is 10.1 Å². The number of rotatable bonds is 8. The van der Waals surface area contributed by atoms with Crippen molar-refractivity contribution in [2.24, 2.45) is 5.92 Å². The first-order valence-corrected chi connectivity index (χ1v) is 16.6. The Balaban J connectivity index is 1.60. The van der Waals surface area contributed by atoms with Crippen LogP contribution in [0.3, 0.4) is 0 Å². The molecule has 0 saturated carbocycles. The third-order valence-electron chi connectivity index (χ3n) is 8.27. The standard InChI is InChI=1S/C36H45Cl2N3O5/c1-24-20-41(25(2)23-42)36(44)30-19-29(39-35(43)28-11-6-5-7-12-28)14-16-33(30)46-26(3)10-8-9-17-45-34(24)22-40(4)21-27-13-15-31(37)32(38)18-27/h5-7,11-16,18-19,24-26,34,42H,8-10,17,20-23H2,1-4H3,(H,39,43)/t24-,25+,26-,34-/m0/s1. The van der Waals surface area contributed by atoms with E-state index in [4.69, 9.17) is 32.7 Å². The van der Waals surface area contributed by atoms with E-state index >= 15 is 0 Å². The number of aliphatic hydroxyl groups excluding tert-OH is 1. The molecule has 1 heterocycles. The van der Waals surface area contributed by atoms with Gasteiger partial charge < -0.3 is 24.8 Å². The van der Waals surface area contributed by atoms with Gasteiger partial charge in [-0.1, -0.05) is 54.4 Å². The number of fused-ring (bicyclic) bond motifs is 1. The topological polar surface area (TPSA) is 91.3 Å². The number of nitrogens with one attached hydrogen (secondary N) is 1. The van der Waals surface area contributed by atoms with Crippen molar-refractivity contribution in [3.05, 3.63) is 93.5 Å². The second kappa shape index (κ2) is 17.1. The molecule has 0 aliphatic carbocycles. The number of likely N-dealkylation sites (N-methyl/N-ethyl adjacent to an activating group) is 1. The summed E-state index contributed by atoms with van der Waals surface area (Å²) < 4.78 is 12.8. The molecule has 0 fully saturated rings. The molecule has 8 nitrogen and oxygen atoms in total. The Morgan fingerprint density at radius 1 is 1.07 bits per heavy atom. The van der Waals surface area contributed by atoms with Crippen LogP contribution in [0.1, 0.15) is 66.3 Å². The molecule has 10 heteroatoms. The molecule has 0 spiro atoms. The van der Waals surface area contributed by atoms with Crippen LogP contribution in [0.25, 0.3) is 0 Å². The van der Waals surface area contributed by atoms with Gasteiger partial charge in [-0.2, -0.15) is 0 Å². The molecule has 2 N–H and O–H groups in total. The molecule has 0 saturated heterocycles. The number of hydrogen-bond donors (Lipinski definition) is 2. The predicted octanol–water partition coefficient (Wildman–Crippen LogP) is 7.17. The molecule has 0 unspecified atom stereocenters. The van der Waals surface area contributed by atoms with E-state index in [9.17, 15) is 14.7 Å². The molecule has 4 rings (SSSR count). The van der Waals surface area contributed by atoms with Gasteiger partial charge in [-0.05, 0) is 88.2 Å². The number of aliphatic hydroxyl groups is 1. The van der Waals surface area contributed by atoms with Crippen LogP contribution in [0, 0.1) is 5.92 Å². The van der Waals surface area contributed by atoms with Gasteiger partial charge in [-0.25, -0.2) is 0 Å². The zero-order chi connectivity index (χ0) is 33.2. The first kappa shape index (κ1) is 35.7. The number of halogens is 2. The van der Waals surface area contributed by atoms with Crippen molar-refractivity contribution in [3.63, 3.8) is 0 Å². The van der Waals surface area contributed by atoms with Gasteiger partial charge in [-0.3, -0.25) is 14.5 Å². The molecule has 3 aromatic rings. The average molecular weight is 671 g/mol. The lowest BCUT2D eigenvalue weighted by Crippen LogP contribution is -2.47. The third kappa shape index (κ3) is 9.93. The first-order valence-electron chi connectivity index (χ1n) is 15.9. The van der Waals surface area contributed by atoms with Crippen LogP contribution in [0.15, 0.2) is 66.7 Å². The van der Waals surface area contributed by atoms with Crippen molar-refractivity contribution in [3.8, 4) is 5.75 Å². The molecule has 2 amide bonds. The molecule has 46 heavy (non-hydrogen) atoms. The molecule has 248 valence electrons. The highest BCUT2D eigenvalue weighted by Crippen LogP contribution is 2.29. The Kier molecular flexibility index (Phi) is 13.3. The minimum absolute atomic E-state index is 0.0681. The molecule has 1 aliphatic rings. The van der Waals surface area contributed by atoms with Crippen molar-refractivity contribution in [2.45, 2.75) is 64.8 Å². The largest absolute Gasteiger partial charge is 0.490 e. The van der Waals surface area contributed by atoms with E-state index in [0.29, 0.717) is 58.9 Å². The fourth-order valence-corrected chi connectivity index (χ4v) is 5.90. The van der Waals surface area contributed by atoms with E-state index in [1.165, 1.54) is 0 Å². The minimum atomic E-state index is -0.467. The minimum Gasteiger partial charge on any atom is -0.490 e. The second-order valence-electron chi connectivity index (χ2n) is 12.3. The average Bonchev–Trinajstić information content (AvgIpc) is 3.04. The van der Waals surface area contributed by atoms with Crippen LogP contribution in [0.4, 0.5) is 5.69 Å². The summed E-state index contributed by atoms with van der Waals surface area (Å²) in [4.78, 5) is 31.1. The highest BCUT2D eigenvalue weighted by Gasteiger charge is 2.30. The number of carbonyl (C=O) groups excluding carboxylic acids is 2. The lowest BCUT2D eigenvalue weighted by Gasteiger charge is -2.36. The molecule has 0 radical (unpaired) electrons. The third-order valence-corrected chi connectivity index (χ3v) is 9.01. The summed E-state index contributed by atoms with van der Waals surface area (Å²) >= 11 is 12.4. The monoisotopic (exact) mass is 669 g/mol. The maximum absolute atomic E-state index is 14.3. The van der Waals surface area contributed by atoms with Crippen molar-refractivity contribution in [2.75, 3.05) is 38.7 Å². The molecule has 3 aromatic carbocycles. The first-order chi connectivity index (χ1) is 22.0. The summed E-state index contributed by atoms with van der Waals surface area (Å²) in [5, 5.41) is 14.2. The Bertz CT molecular complexity index is 1460. The predicted molar refractivity (Wildman–Crippen MR) is 184 cm³/mol. The van der Waals surface area contributed by atoms with E-state index in [0.717, 1.165) is 24.8 Å². The van der Waals surface area contributed by atoms with Crippen LogP contribution in [0.5, 0.6) is 5.75 Å². The van der Waals surface area contributed by atoms with Gasteiger partial charge in [0.2, 0.25) is 0 Å². The molecule has 0 aromatic heterocycles. The molecular formula is C36H45Cl2N3O5. The molecule has 4 atom stereocenters. The van der Waals surface area contributed by atoms with Crippen molar-refractivity contribution in [1.29, 1.82) is 0 Å². The van der Waals surface area contributed by atoms with Gasteiger partial charge >= 0.3 is 0 Å². The van der Waals surface area contributed by atoms with E-state index < -0.39 is 6.04 Å². The number of benzene rings is 3. The number of ether oxygens (including phenoxy) is 2. The second-order valence-corrected chi connectivity index (χ2v) is 13.1. The summed E-state index contributed by atoms with van der Waals surface area (Å²) in [5.74, 6) is -0.181. The smallest absolute Gasteiger partial charge is 0.258 e. The number of anilines is 1. The van der Waals surface area contributed by atoms with Gasteiger partial charge in [0, 0.05) is 43.4 Å².